The van der Waals surface area contributed by atoms with Gasteiger partial charge in [0.1, 0.15) is 23.3 Å². The number of amides is 1. The lowest BCUT2D eigenvalue weighted by molar-refractivity contribution is -0.146. The lowest BCUT2D eigenvalue weighted by Gasteiger charge is -2.32. The number of phenols is 1. The third-order valence-electron chi connectivity index (χ3n) is 11.7. The third kappa shape index (κ3) is 10.6. The molecular weight excluding hydrogens is 835 g/mol. The Balaban J connectivity index is 0.859. The Morgan fingerprint density at radius 1 is 0.828 bits per heavy atom. The highest BCUT2D eigenvalue weighted by Gasteiger charge is 2.27. The van der Waals surface area contributed by atoms with E-state index in [0.717, 1.165) is 71.1 Å². The van der Waals surface area contributed by atoms with Gasteiger partial charge in [-0.3, -0.25) is 19.3 Å². The lowest BCUT2D eigenvalue weighted by Crippen LogP contribution is -2.35. The number of thiophene rings is 1. The number of hydrogen-bond donors (Lipinski definition) is 5. The molecule has 10 nitrogen and oxygen atoms in total. The molecule has 1 amide bonds. The first kappa shape index (κ1) is 44.1. The highest BCUT2D eigenvalue weighted by molar-refractivity contribution is 7.15. The number of carbonyl (C=O) groups excluding carboxylic acids is 2. The van der Waals surface area contributed by atoms with Gasteiger partial charge in [-0.15, -0.1) is 11.3 Å². The van der Waals surface area contributed by atoms with Crippen LogP contribution in [0, 0.1) is 17.6 Å². The van der Waals surface area contributed by atoms with Gasteiger partial charge in [-0.2, -0.15) is 0 Å². The molecule has 0 bridgehead atoms. The minimum atomic E-state index is -1.10. The van der Waals surface area contributed by atoms with Gasteiger partial charge < -0.3 is 30.6 Å². The maximum absolute atomic E-state index is 15.2. The number of halogens is 2. The minimum Gasteiger partial charge on any atom is -0.506 e. The number of ether oxygens (including phenoxy) is 1. The summed E-state index contributed by atoms with van der Waals surface area (Å²) in [5.41, 5.74) is 3.53. The molecule has 0 radical (unpaired) electrons. The van der Waals surface area contributed by atoms with Gasteiger partial charge in [-0.1, -0.05) is 84.9 Å². The normalized spacial score (nSPS) is 14.3. The fourth-order valence-corrected chi connectivity index (χ4v) is 9.15. The number of fused-ring (bicyclic) bond motifs is 1. The Bertz CT molecular complexity index is 2790. The molecule has 13 heteroatoms. The molecule has 0 spiro atoms. The fraction of sp³-hybridized carbons (Fsp3) is 0.235. The third-order valence-corrected chi connectivity index (χ3v) is 12.8. The molecular formula is C51H48F2N4O6S. The maximum Gasteiger partial charge on any atom is 0.317 e. The number of aromatic hydroxyl groups is 1. The molecule has 7 aromatic rings. The molecule has 2 aromatic heterocycles. The van der Waals surface area contributed by atoms with E-state index in [1.807, 2.05) is 72.8 Å². The van der Waals surface area contributed by atoms with Crippen molar-refractivity contribution in [2.24, 2.45) is 5.92 Å². The number of nitrogens with zero attached hydrogens (tertiary/aromatic N) is 1. The van der Waals surface area contributed by atoms with E-state index in [1.165, 1.54) is 41.2 Å². The summed E-state index contributed by atoms with van der Waals surface area (Å²) in [5.74, 6) is -3.24. The van der Waals surface area contributed by atoms with Gasteiger partial charge in [-0.25, -0.2) is 8.78 Å². The molecule has 5 N–H and O–H groups in total. The first-order valence-corrected chi connectivity index (χ1v) is 22.1. The zero-order chi connectivity index (χ0) is 44.6. The average Bonchev–Trinajstić information content (AvgIpc) is 3.79. The van der Waals surface area contributed by atoms with Crippen molar-refractivity contribution in [2.75, 3.05) is 26.2 Å². The largest absolute Gasteiger partial charge is 0.506 e. The number of likely N-dealkylation sites (tertiary alicyclic amines) is 1. The van der Waals surface area contributed by atoms with Crippen LogP contribution in [-0.4, -0.2) is 58.2 Å². The van der Waals surface area contributed by atoms with Crippen molar-refractivity contribution in [3.63, 3.8) is 0 Å². The first-order valence-electron chi connectivity index (χ1n) is 21.3. The van der Waals surface area contributed by atoms with E-state index in [4.69, 9.17) is 4.74 Å². The SMILES string of the molecule is O=C(NCc1ccc(-c2cccc(C(C(=O)OCC3CCN(Cc4ccccc4)CC3)c3ccccc3)c2)s1)c1cc(F)c(CNC[C@H](O)c2ccc(O)c3[nH]c(=O)ccc23)cc1F. The molecule has 2 atom stereocenters. The number of H-pyrrole nitrogens is 1. The Morgan fingerprint density at radius 2 is 1.58 bits per heavy atom. The second kappa shape index (κ2) is 20.3. The molecule has 0 saturated carbocycles. The highest BCUT2D eigenvalue weighted by atomic mass is 32.1. The summed E-state index contributed by atoms with van der Waals surface area (Å²) in [6.45, 7) is 3.09. The fourth-order valence-electron chi connectivity index (χ4n) is 8.21. The average molecular weight is 883 g/mol. The zero-order valence-corrected chi connectivity index (χ0v) is 35.8. The number of hydrogen-bond acceptors (Lipinski definition) is 9. The van der Waals surface area contributed by atoms with Gasteiger partial charge in [0.25, 0.3) is 5.91 Å². The number of esters is 1. The molecule has 0 aliphatic carbocycles. The smallest absolute Gasteiger partial charge is 0.317 e. The predicted molar refractivity (Wildman–Crippen MR) is 244 cm³/mol. The van der Waals surface area contributed by atoms with Crippen LogP contribution in [0.2, 0.25) is 0 Å². The van der Waals surface area contributed by atoms with Crippen molar-refractivity contribution in [1.82, 2.24) is 20.5 Å². The van der Waals surface area contributed by atoms with Crippen molar-refractivity contribution >= 4 is 34.1 Å². The number of nitrogens with one attached hydrogen (secondary N) is 3. The Kier molecular flexibility index (Phi) is 14.0. The molecule has 1 saturated heterocycles. The van der Waals surface area contributed by atoms with Gasteiger partial charge >= 0.3 is 5.97 Å². The van der Waals surface area contributed by atoms with Crippen LogP contribution in [0.1, 0.15) is 67.9 Å². The van der Waals surface area contributed by atoms with Gasteiger partial charge in [0.05, 0.1) is 30.3 Å². The monoisotopic (exact) mass is 882 g/mol. The van der Waals surface area contributed by atoms with Crippen molar-refractivity contribution < 1.29 is 33.3 Å². The molecule has 1 aliphatic heterocycles. The van der Waals surface area contributed by atoms with Crippen LogP contribution in [-0.2, 0) is 29.2 Å². The summed E-state index contributed by atoms with van der Waals surface area (Å²) in [6.07, 6.45) is 0.828. The summed E-state index contributed by atoms with van der Waals surface area (Å²) < 4.78 is 36.5. The second-order valence-electron chi connectivity index (χ2n) is 16.1. The summed E-state index contributed by atoms with van der Waals surface area (Å²) in [6, 6.07) is 39.1. The number of aromatic amines is 1. The number of piperidine rings is 1. The van der Waals surface area contributed by atoms with Crippen molar-refractivity contribution in [1.29, 1.82) is 0 Å². The second-order valence-corrected chi connectivity index (χ2v) is 17.3. The molecule has 3 heterocycles. The van der Waals surface area contributed by atoms with Crippen LogP contribution >= 0.6 is 11.3 Å². The molecule has 328 valence electrons. The molecule has 5 aromatic carbocycles. The number of aliphatic hydroxyl groups is 1. The van der Waals surface area contributed by atoms with Gasteiger partial charge in [-0.05, 0) is 102 Å². The van der Waals surface area contributed by atoms with Crippen LogP contribution in [0.5, 0.6) is 5.75 Å². The van der Waals surface area contributed by atoms with Crippen molar-refractivity contribution in [3.8, 4) is 16.2 Å². The van der Waals surface area contributed by atoms with E-state index in [2.05, 4.69) is 44.8 Å². The summed E-state index contributed by atoms with van der Waals surface area (Å²) >= 11 is 1.44. The summed E-state index contributed by atoms with van der Waals surface area (Å²) in [5, 5.41) is 27.0. The van der Waals surface area contributed by atoms with Gasteiger partial charge in [0.2, 0.25) is 5.56 Å². The summed E-state index contributed by atoms with van der Waals surface area (Å²) in [7, 11) is 0. The van der Waals surface area contributed by atoms with E-state index in [1.54, 1.807) is 0 Å². The zero-order valence-electron chi connectivity index (χ0n) is 34.9. The minimum absolute atomic E-state index is 0.0375. The van der Waals surface area contributed by atoms with Crippen LogP contribution in [0.25, 0.3) is 21.3 Å². The number of rotatable bonds is 16. The Hall–Kier alpha value is -6.51. The van der Waals surface area contributed by atoms with E-state index in [-0.39, 0.29) is 42.4 Å². The van der Waals surface area contributed by atoms with E-state index in [0.29, 0.717) is 23.5 Å². The highest BCUT2D eigenvalue weighted by Crippen LogP contribution is 2.34. The standard InChI is InChI=1S/C51H48F2N4O6S/c52-42-26-41(43(53)25-37(42)27-54-29-45(59)39-15-17-44(58)49-40(39)16-19-47(60)56-49)50(61)55-28-38-14-18-46(64-38)35-12-7-13-36(24-35)48(34-10-5-2-6-11-34)51(62)63-31-33-20-22-57(23-21-33)30-32-8-3-1-4-9-32/h1-19,24-26,33,45,48,54,58-59H,20-23,27-31H2,(H,55,61)(H,56,60)/t45-,48?/m0/s1. The Labute approximate surface area is 373 Å². The van der Waals surface area contributed by atoms with E-state index in [9.17, 15) is 24.6 Å². The number of aromatic nitrogens is 1. The molecule has 1 fully saturated rings. The maximum atomic E-state index is 15.2. The van der Waals surface area contributed by atoms with Crippen molar-refractivity contribution in [2.45, 2.75) is 44.5 Å². The number of pyridine rings is 1. The van der Waals surface area contributed by atoms with E-state index >= 15 is 8.78 Å². The number of aliphatic hydroxyl groups excluding tert-OH is 1. The van der Waals surface area contributed by atoms with Crippen LogP contribution < -0.4 is 16.2 Å². The number of phenolic OH excluding ortho intramolecular Hbond substituents is 1. The van der Waals surface area contributed by atoms with Crippen LogP contribution in [0.15, 0.2) is 138 Å². The quantitative estimate of drug-likeness (QED) is 0.0608. The van der Waals surface area contributed by atoms with E-state index < -0.39 is 40.7 Å². The van der Waals surface area contributed by atoms with Crippen LogP contribution in [0.4, 0.5) is 8.78 Å². The first-order chi connectivity index (χ1) is 31.1. The van der Waals surface area contributed by atoms with Gasteiger partial charge in [0, 0.05) is 46.4 Å². The molecule has 1 unspecified atom stereocenters. The molecule has 1 aliphatic rings. The molecule has 64 heavy (non-hydrogen) atoms. The Morgan fingerprint density at radius 3 is 2.36 bits per heavy atom. The van der Waals surface area contributed by atoms with Gasteiger partial charge in [0.15, 0.2) is 0 Å². The topological polar surface area (TPSA) is 144 Å². The number of benzene rings is 5. The van der Waals surface area contributed by atoms with Crippen LogP contribution in [0.3, 0.4) is 0 Å². The lowest BCUT2D eigenvalue weighted by atomic mass is 9.90. The predicted octanol–water partition coefficient (Wildman–Crippen LogP) is 8.58. The van der Waals surface area contributed by atoms with Crippen molar-refractivity contribution in [3.05, 3.63) is 194 Å². The molecule has 8 rings (SSSR count). The summed E-state index contributed by atoms with van der Waals surface area (Å²) in [4.78, 5) is 45.4. The number of carbonyl (C=O) groups is 2.